The van der Waals surface area contributed by atoms with Crippen molar-refractivity contribution in [1.29, 1.82) is 0 Å². The van der Waals surface area contributed by atoms with Gasteiger partial charge in [-0.15, -0.1) is 22.7 Å². The number of carbonyl (C=O) groups is 2. The van der Waals surface area contributed by atoms with Gasteiger partial charge in [-0.25, -0.2) is 4.98 Å². The normalized spacial score (nSPS) is 28.7. The average molecular weight is 575 g/mol. The van der Waals surface area contributed by atoms with E-state index < -0.39 is 0 Å². The maximum atomic E-state index is 12.4. The molecule has 0 saturated carbocycles. The first-order valence-electron chi connectivity index (χ1n) is 14.3. The molecule has 10 heteroatoms. The highest BCUT2D eigenvalue weighted by atomic mass is 32.1. The quantitative estimate of drug-likeness (QED) is 0.379. The number of fused-ring (bicyclic) bond motifs is 8. The van der Waals surface area contributed by atoms with Gasteiger partial charge in [0, 0.05) is 31.4 Å². The van der Waals surface area contributed by atoms with Gasteiger partial charge in [0.2, 0.25) is 0 Å². The zero-order valence-corrected chi connectivity index (χ0v) is 24.1. The number of thiophene rings is 2. The van der Waals surface area contributed by atoms with Crippen LogP contribution in [0.1, 0.15) is 46.5 Å². The van der Waals surface area contributed by atoms with Crippen molar-refractivity contribution in [3.63, 3.8) is 0 Å². The lowest BCUT2D eigenvalue weighted by Gasteiger charge is -2.44. The highest BCUT2D eigenvalue weighted by Crippen LogP contribution is 2.29. The average Bonchev–Trinajstić information content (AvgIpc) is 3.67. The van der Waals surface area contributed by atoms with Crippen molar-refractivity contribution in [2.75, 3.05) is 39.3 Å². The fourth-order valence-electron chi connectivity index (χ4n) is 6.70. The molecule has 6 aliphatic heterocycles. The zero-order chi connectivity index (χ0) is 27.1. The van der Waals surface area contributed by atoms with Crippen LogP contribution in [0, 0.1) is 11.8 Å². The lowest BCUT2D eigenvalue weighted by atomic mass is 9.84. The van der Waals surface area contributed by atoms with Gasteiger partial charge in [0.25, 0.3) is 11.8 Å². The Bertz CT molecular complexity index is 1400. The van der Waals surface area contributed by atoms with Crippen LogP contribution < -0.4 is 10.6 Å². The third-order valence-corrected chi connectivity index (χ3v) is 10.8. The largest absolute Gasteiger partial charge is 0.348 e. The summed E-state index contributed by atoms with van der Waals surface area (Å²) >= 11 is 3.28. The van der Waals surface area contributed by atoms with Crippen molar-refractivity contribution >= 4 is 54.9 Å². The van der Waals surface area contributed by atoms with E-state index in [4.69, 9.17) is 0 Å². The summed E-state index contributed by atoms with van der Waals surface area (Å²) in [4.78, 5) is 38.4. The Morgan fingerprint density at radius 1 is 0.750 bits per heavy atom. The lowest BCUT2D eigenvalue weighted by molar-refractivity contribution is 0.0615. The minimum atomic E-state index is -0.0307. The molecule has 0 aliphatic carbocycles. The molecule has 6 saturated heterocycles. The van der Waals surface area contributed by atoms with Gasteiger partial charge in [-0.1, -0.05) is 0 Å². The maximum absolute atomic E-state index is 12.4. The molecule has 0 radical (unpaired) electrons. The molecular formula is C30H34N6O2S2. The van der Waals surface area contributed by atoms with Gasteiger partial charge in [-0.05, 0) is 105 Å². The first kappa shape index (κ1) is 26.0. The van der Waals surface area contributed by atoms with Gasteiger partial charge in [0.05, 0.1) is 26.0 Å². The summed E-state index contributed by atoms with van der Waals surface area (Å²) in [5.41, 5.74) is 3.09. The number of aromatic nitrogens is 2. The number of pyridine rings is 2. The number of nitrogens with one attached hydrogen (secondary N) is 2. The van der Waals surface area contributed by atoms with E-state index in [1.54, 1.807) is 28.9 Å². The summed E-state index contributed by atoms with van der Waals surface area (Å²) in [6.45, 7) is 6.77. The summed E-state index contributed by atoms with van der Waals surface area (Å²) in [6.07, 6.45) is 6.54. The smallest absolute Gasteiger partial charge is 0.270 e. The fourth-order valence-corrected chi connectivity index (χ4v) is 8.21. The second-order valence-corrected chi connectivity index (χ2v) is 13.4. The number of hydrogen-bond donors (Lipinski definition) is 2. The standard InChI is InChI=1S/2C15H17N3OS/c19-15(11-7-14-12(16-8-11)3-6-20-14)17-13-9-18-4-1-10(13)2-5-18;19-15(12-1-2-14-11(16-12)5-8-20-14)17-13-9-18-6-3-10(13)4-7-18/h3,6-8,10,13H,1-2,4-5,9H2,(H,17,19);1-2,5,8,10,13H,3-4,6-7,9H2,(H,17,19)/t2*13-/m11/s1. The first-order chi connectivity index (χ1) is 19.6. The Morgan fingerprint density at radius 3 is 1.98 bits per heavy atom. The number of amides is 2. The summed E-state index contributed by atoms with van der Waals surface area (Å²) in [6, 6.07) is 10.3. The Balaban J connectivity index is 0.000000132. The van der Waals surface area contributed by atoms with E-state index in [0.717, 1.165) is 33.5 Å². The van der Waals surface area contributed by atoms with Gasteiger partial charge in [-0.3, -0.25) is 14.6 Å². The molecule has 6 aliphatic rings. The van der Waals surface area contributed by atoms with Crippen LogP contribution in [-0.4, -0.2) is 82.9 Å². The van der Waals surface area contributed by atoms with Crippen LogP contribution >= 0.6 is 22.7 Å². The molecule has 0 aromatic carbocycles. The van der Waals surface area contributed by atoms with Crippen molar-refractivity contribution in [3.8, 4) is 0 Å². The summed E-state index contributed by atoms with van der Waals surface area (Å²) in [5.74, 6) is 1.29. The van der Waals surface area contributed by atoms with E-state index in [9.17, 15) is 9.59 Å². The third kappa shape index (κ3) is 5.37. The Labute approximate surface area is 241 Å². The van der Waals surface area contributed by atoms with Crippen molar-refractivity contribution in [3.05, 3.63) is 58.5 Å². The predicted octanol–water partition coefficient (Wildman–Crippen LogP) is 4.24. The highest BCUT2D eigenvalue weighted by Gasteiger charge is 2.36. The minimum absolute atomic E-state index is 0.0200. The highest BCUT2D eigenvalue weighted by molar-refractivity contribution is 7.17. The molecule has 4 aromatic heterocycles. The molecule has 6 fully saturated rings. The molecule has 8 nitrogen and oxygen atoms in total. The van der Waals surface area contributed by atoms with E-state index in [-0.39, 0.29) is 11.8 Å². The topological polar surface area (TPSA) is 90.5 Å². The summed E-state index contributed by atoms with van der Waals surface area (Å²) < 4.78 is 2.20. The van der Waals surface area contributed by atoms with Gasteiger partial charge >= 0.3 is 0 Å². The van der Waals surface area contributed by atoms with Crippen molar-refractivity contribution in [1.82, 2.24) is 30.4 Å². The second kappa shape index (κ2) is 11.2. The van der Waals surface area contributed by atoms with E-state index in [2.05, 4.69) is 30.4 Å². The van der Waals surface area contributed by atoms with Crippen molar-refractivity contribution < 1.29 is 9.59 Å². The molecule has 0 spiro atoms. The molecule has 10 rings (SSSR count). The predicted molar refractivity (Wildman–Crippen MR) is 160 cm³/mol. The Hall–Kier alpha value is -2.92. The van der Waals surface area contributed by atoms with E-state index >= 15 is 0 Å². The molecular weight excluding hydrogens is 541 g/mol. The summed E-state index contributed by atoms with van der Waals surface area (Å²) in [7, 11) is 0. The van der Waals surface area contributed by atoms with Gasteiger partial charge in [0.1, 0.15) is 5.69 Å². The van der Waals surface area contributed by atoms with Crippen LogP contribution in [0.3, 0.4) is 0 Å². The van der Waals surface area contributed by atoms with Crippen LogP contribution in [0.2, 0.25) is 0 Å². The molecule has 2 N–H and O–H groups in total. The second-order valence-electron chi connectivity index (χ2n) is 11.5. The monoisotopic (exact) mass is 574 g/mol. The van der Waals surface area contributed by atoms with E-state index in [0.29, 0.717) is 35.2 Å². The molecule has 2 amide bonds. The van der Waals surface area contributed by atoms with Crippen LogP contribution in [0.5, 0.6) is 0 Å². The maximum Gasteiger partial charge on any atom is 0.270 e. The number of hydrogen-bond acceptors (Lipinski definition) is 8. The Kier molecular flexibility index (Phi) is 7.26. The number of carbonyl (C=O) groups excluding carboxylic acids is 2. The molecule has 2 atom stereocenters. The first-order valence-corrected chi connectivity index (χ1v) is 16.1. The van der Waals surface area contributed by atoms with Gasteiger partial charge in [0.15, 0.2) is 0 Å². The Morgan fingerprint density at radius 2 is 1.35 bits per heavy atom. The molecule has 4 aromatic rings. The molecule has 0 unspecified atom stereocenters. The minimum Gasteiger partial charge on any atom is -0.348 e. The molecule has 4 bridgehead atoms. The summed E-state index contributed by atoms with van der Waals surface area (Å²) in [5, 5.41) is 10.4. The molecule has 40 heavy (non-hydrogen) atoms. The van der Waals surface area contributed by atoms with Crippen molar-refractivity contribution in [2.24, 2.45) is 11.8 Å². The number of nitrogens with zero attached hydrogens (tertiary/aromatic N) is 4. The van der Waals surface area contributed by atoms with Crippen LogP contribution in [-0.2, 0) is 0 Å². The number of piperidine rings is 6. The number of rotatable bonds is 4. The van der Waals surface area contributed by atoms with Crippen LogP contribution in [0.4, 0.5) is 0 Å². The van der Waals surface area contributed by atoms with Crippen molar-refractivity contribution in [2.45, 2.75) is 37.8 Å². The van der Waals surface area contributed by atoms with E-state index in [1.807, 2.05) is 41.1 Å². The van der Waals surface area contributed by atoms with Gasteiger partial charge in [-0.2, -0.15) is 0 Å². The van der Waals surface area contributed by atoms with E-state index in [1.165, 1.54) is 51.9 Å². The lowest BCUT2D eigenvalue weighted by Crippen LogP contribution is -2.57. The third-order valence-electron chi connectivity index (χ3n) is 9.05. The molecule has 208 valence electrons. The SMILES string of the molecule is O=C(N[C@@H]1CN2CCC1CC2)c1ccc2sccc2n1.O=C(N[C@@H]1CN2CCC1CC2)c1cnc2ccsc2c1. The van der Waals surface area contributed by atoms with Crippen LogP contribution in [0.15, 0.2) is 47.3 Å². The van der Waals surface area contributed by atoms with Crippen LogP contribution in [0.25, 0.3) is 20.4 Å². The molecule has 10 heterocycles. The van der Waals surface area contributed by atoms with Gasteiger partial charge < -0.3 is 20.4 Å². The zero-order valence-electron chi connectivity index (χ0n) is 22.4. The fraction of sp³-hybridized carbons (Fsp3) is 0.467.